The summed E-state index contributed by atoms with van der Waals surface area (Å²) in [6, 6.07) is 16.9. The molecule has 4 rings (SSSR count). The van der Waals surface area contributed by atoms with Crippen LogP contribution in [0.15, 0.2) is 66.9 Å². The Hall–Kier alpha value is -3.32. The first-order valence-electron chi connectivity index (χ1n) is 12.1. The molecule has 7 heteroatoms. The van der Waals surface area contributed by atoms with Gasteiger partial charge in [-0.1, -0.05) is 24.3 Å². The fourth-order valence-electron chi connectivity index (χ4n) is 4.68. The Morgan fingerprint density at radius 3 is 2.03 bits per heavy atom. The minimum Gasteiger partial charge on any atom is -0.353 e. The van der Waals surface area contributed by atoms with Crippen molar-refractivity contribution in [2.24, 2.45) is 0 Å². The van der Waals surface area contributed by atoms with E-state index in [9.17, 15) is 13.6 Å². The summed E-state index contributed by atoms with van der Waals surface area (Å²) < 4.78 is 27.0. The summed E-state index contributed by atoms with van der Waals surface area (Å²) >= 11 is 0. The number of anilines is 1. The number of aromatic nitrogens is 1. The van der Waals surface area contributed by atoms with E-state index in [1.165, 1.54) is 24.3 Å². The number of carbonyl (C=O) groups excluding carboxylic acids is 1. The summed E-state index contributed by atoms with van der Waals surface area (Å²) in [5.74, 6) is 0.285. The van der Waals surface area contributed by atoms with Crippen LogP contribution in [0.2, 0.25) is 0 Å². The maximum absolute atomic E-state index is 13.5. The molecule has 2 heterocycles. The van der Waals surface area contributed by atoms with Gasteiger partial charge in [-0.15, -0.1) is 0 Å². The second-order valence-electron chi connectivity index (χ2n) is 9.20. The summed E-state index contributed by atoms with van der Waals surface area (Å²) in [5, 5.41) is 0. The third-order valence-electron chi connectivity index (χ3n) is 6.61. The zero-order chi connectivity index (χ0) is 24.8. The highest BCUT2D eigenvalue weighted by Crippen LogP contribution is 2.30. The second-order valence-corrected chi connectivity index (χ2v) is 9.20. The van der Waals surface area contributed by atoms with Gasteiger partial charge in [0.25, 0.3) is 5.91 Å². The Morgan fingerprint density at radius 2 is 1.49 bits per heavy atom. The van der Waals surface area contributed by atoms with Gasteiger partial charge in [-0.3, -0.25) is 9.69 Å². The average Bonchev–Trinajstić information content (AvgIpc) is 2.88. The Kier molecular flexibility index (Phi) is 8.08. The zero-order valence-corrected chi connectivity index (χ0v) is 20.3. The quantitative estimate of drug-likeness (QED) is 0.467. The normalized spacial score (nSPS) is 14.4. The molecule has 1 fully saturated rings. The molecule has 0 radical (unpaired) electrons. The molecule has 1 amide bonds. The van der Waals surface area contributed by atoms with E-state index in [1.54, 1.807) is 31.3 Å². The predicted molar refractivity (Wildman–Crippen MR) is 135 cm³/mol. The van der Waals surface area contributed by atoms with Crippen molar-refractivity contribution in [2.45, 2.75) is 18.8 Å². The van der Waals surface area contributed by atoms with Crippen LogP contribution in [0.4, 0.5) is 14.6 Å². The van der Waals surface area contributed by atoms with Gasteiger partial charge in [-0.2, -0.15) is 0 Å². The van der Waals surface area contributed by atoms with Crippen molar-refractivity contribution < 1.29 is 13.6 Å². The number of amides is 1. The maximum atomic E-state index is 13.5. The number of benzene rings is 2. The number of pyridine rings is 1. The molecule has 0 atom stereocenters. The number of nitrogens with zero attached hydrogens (tertiary/aromatic N) is 4. The molecule has 1 aromatic heterocycles. The van der Waals surface area contributed by atoms with Gasteiger partial charge in [0, 0.05) is 52.4 Å². The molecule has 0 saturated carbocycles. The van der Waals surface area contributed by atoms with E-state index in [0.29, 0.717) is 5.56 Å². The van der Waals surface area contributed by atoms with Crippen molar-refractivity contribution in [3.05, 3.63) is 95.2 Å². The van der Waals surface area contributed by atoms with Gasteiger partial charge in [0.1, 0.15) is 17.5 Å². The van der Waals surface area contributed by atoms with E-state index in [2.05, 4.69) is 14.8 Å². The minimum absolute atomic E-state index is 0.0387. The first-order chi connectivity index (χ1) is 16.9. The first kappa shape index (κ1) is 24.8. The molecule has 1 aliphatic rings. The molecular weight excluding hydrogens is 446 g/mol. The van der Waals surface area contributed by atoms with Crippen LogP contribution in [0.3, 0.4) is 0 Å². The zero-order valence-electron chi connectivity index (χ0n) is 20.3. The number of hydrogen-bond donors (Lipinski definition) is 0. The molecule has 184 valence electrons. The lowest BCUT2D eigenvalue weighted by Crippen LogP contribution is -2.47. The monoisotopic (exact) mass is 478 g/mol. The molecular formula is C28H32F2N4O. The molecule has 0 N–H and O–H groups in total. The van der Waals surface area contributed by atoms with Gasteiger partial charge < -0.3 is 9.80 Å². The van der Waals surface area contributed by atoms with Crippen molar-refractivity contribution in [1.82, 2.24) is 14.8 Å². The van der Waals surface area contributed by atoms with Gasteiger partial charge in [0.05, 0.1) is 5.56 Å². The highest BCUT2D eigenvalue weighted by atomic mass is 19.1. The summed E-state index contributed by atoms with van der Waals surface area (Å²) in [5.41, 5.74) is 2.71. The topological polar surface area (TPSA) is 39.7 Å². The molecule has 5 nitrogen and oxygen atoms in total. The lowest BCUT2D eigenvalue weighted by Gasteiger charge is -2.36. The van der Waals surface area contributed by atoms with Gasteiger partial charge >= 0.3 is 0 Å². The third-order valence-corrected chi connectivity index (χ3v) is 6.61. The summed E-state index contributed by atoms with van der Waals surface area (Å²) in [6.07, 6.45) is 3.59. The van der Waals surface area contributed by atoms with Crippen LogP contribution in [0.1, 0.15) is 40.2 Å². The fourth-order valence-corrected chi connectivity index (χ4v) is 4.68. The van der Waals surface area contributed by atoms with E-state index >= 15 is 0 Å². The van der Waals surface area contributed by atoms with Crippen LogP contribution in [0, 0.1) is 11.6 Å². The van der Waals surface area contributed by atoms with E-state index in [0.717, 1.165) is 62.5 Å². The average molecular weight is 479 g/mol. The molecule has 0 bridgehead atoms. The maximum Gasteiger partial charge on any atom is 0.257 e. The second kappa shape index (κ2) is 11.4. The van der Waals surface area contributed by atoms with Gasteiger partial charge in [-0.25, -0.2) is 13.8 Å². The molecule has 3 aromatic rings. The lowest BCUT2D eigenvalue weighted by atomic mass is 9.87. The highest BCUT2D eigenvalue weighted by molar-refractivity contribution is 5.98. The van der Waals surface area contributed by atoms with Gasteiger partial charge in [-0.05, 0) is 66.9 Å². The number of piperazine rings is 1. The Bertz CT molecular complexity index is 1070. The van der Waals surface area contributed by atoms with Crippen molar-refractivity contribution in [1.29, 1.82) is 0 Å². The van der Waals surface area contributed by atoms with Crippen LogP contribution in [0.5, 0.6) is 0 Å². The van der Waals surface area contributed by atoms with Crippen molar-refractivity contribution in [3.63, 3.8) is 0 Å². The molecule has 0 spiro atoms. The van der Waals surface area contributed by atoms with Crippen LogP contribution in [0.25, 0.3) is 0 Å². The Morgan fingerprint density at radius 1 is 0.914 bits per heavy atom. The molecule has 2 aromatic carbocycles. The summed E-state index contributed by atoms with van der Waals surface area (Å²) in [4.78, 5) is 23.3. The molecule has 35 heavy (non-hydrogen) atoms. The predicted octanol–water partition coefficient (Wildman–Crippen LogP) is 4.80. The van der Waals surface area contributed by atoms with E-state index in [-0.39, 0.29) is 23.5 Å². The Balaban J connectivity index is 1.35. The number of halogens is 2. The number of hydrogen-bond acceptors (Lipinski definition) is 4. The molecule has 1 saturated heterocycles. The number of carbonyl (C=O) groups is 1. The Labute approximate surface area is 206 Å². The van der Waals surface area contributed by atoms with Crippen molar-refractivity contribution in [2.75, 3.05) is 51.7 Å². The largest absolute Gasteiger partial charge is 0.353 e. The SMILES string of the molecule is CN(C)C(=O)c1cccnc1N1CCN(CCCC(c2ccc(F)cc2)c2ccc(F)cc2)CC1. The van der Waals surface area contributed by atoms with Crippen LogP contribution in [-0.4, -0.2) is 67.5 Å². The minimum atomic E-state index is -0.257. The van der Waals surface area contributed by atoms with Crippen LogP contribution >= 0.6 is 0 Å². The third kappa shape index (κ3) is 6.22. The smallest absolute Gasteiger partial charge is 0.257 e. The highest BCUT2D eigenvalue weighted by Gasteiger charge is 2.23. The van der Waals surface area contributed by atoms with Crippen LogP contribution in [-0.2, 0) is 0 Å². The fraction of sp³-hybridized carbons (Fsp3) is 0.357. The van der Waals surface area contributed by atoms with Crippen molar-refractivity contribution in [3.8, 4) is 0 Å². The van der Waals surface area contributed by atoms with Gasteiger partial charge in [0.15, 0.2) is 0 Å². The molecule has 1 aliphatic heterocycles. The number of rotatable bonds is 8. The summed E-state index contributed by atoms with van der Waals surface area (Å²) in [7, 11) is 3.50. The lowest BCUT2D eigenvalue weighted by molar-refractivity contribution is 0.0827. The van der Waals surface area contributed by atoms with E-state index in [1.807, 2.05) is 30.3 Å². The standard InChI is InChI=1S/C28H32F2N4O/c1-32(2)28(35)26-5-3-15-31-27(26)34-19-17-33(18-20-34)16-4-6-25(21-7-11-23(29)12-8-21)22-9-13-24(30)14-10-22/h3,5,7-15,25H,4,6,16-20H2,1-2H3. The van der Waals surface area contributed by atoms with Gasteiger partial charge in [0.2, 0.25) is 0 Å². The van der Waals surface area contributed by atoms with E-state index in [4.69, 9.17) is 0 Å². The van der Waals surface area contributed by atoms with Crippen LogP contribution < -0.4 is 4.90 Å². The van der Waals surface area contributed by atoms with Crippen molar-refractivity contribution >= 4 is 11.7 Å². The molecule has 0 aliphatic carbocycles. The van der Waals surface area contributed by atoms with E-state index < -0.39 is 0 Å². The molecule has 0 unspecified atom stereocenters. The first-order valence-corrected chi connectivity index (χ1v) is 12.1. The summed E-state index contributed by atoms with van der Waals surface area (Å²) in [6.45, 7) is 4.35.